The molecule has 0 bridgehead atoms. The van der Waals surface area contributed by atoms with E-state index in [1.807, 2.05) is 12.1 Å². The lowest BCUT2D eigenvalue weighted by Crippen LogP contribution is -2.30. The Morgan fingerprint density at radius 1 is 1.20 bits per heavy atom. The van der Waals surface area contributed by atoms with Gasteiger partial charge in [0.1, 0.15) is 5.82 Å². The molecule has 0 aliphatic rings. The van der Waals surface area contributed by atoms with Gasteiger partial charge in [-0.05, 0) is 59.2 Å². The van der Waals surface area contributed by atoms with Crippen molar-refractivity contribution in [3.63, 3.8) is 0 Å². The Morgan fingerprint density at radius 3 is 2.60 bits per heavy atom. The lowest BCUT2D eigenvalue weighted by molar-refractivity contribution is 0.872. The highest BCUT2D eigenvalue weighted by molar-refractivity contribution is 9.10. The maximum atomic E-state index is 5.23. The Labute approximate surface area is 132 Å². The zero-order valence-electron chi connectivity index (χ0n) is 11.2. The average molecular weight is 350 g/mol. The Balaban J connectivity index is 1.75. The first kappa shape index (κ1) is 14.9. The second-order valence-electron chi connectivity index (χ2n) is 4.48. The number of hydrogen-bond donors (Lipinski definition) is 2. The second-order valence-corrected chi connectivity index (χ2v) is 5.80. The van der Waals surface area contributed by atoms with E-state index in [2.05, 4.69) is 62.7 Å². The predicted molar refractivity (Wildman–Crippen MR) is 91.0 cm³/mol. The van der Waals surface area contributed by atoms with E-state index in [9.17, 15) is 0 Å². The van der Waals surface area contributed by atoms with Crippen LogP contribution in [0.4, 0.5) is 5.82 Å². The fourth-order valence-electron chi connectivity index (χ4n) is 1.69. The molecule has 1 heterocycles. The zero-order chi connectivity index (χ0) is 14.4. The minimum absolute atomic E-state index is 0.590. The molecule has 0 amide bonds. The average Bonchev–Trinajstić information content (AvgIpc) is 2.44. The van der Waals surface area contributed by atoms with Crippen LogP contribution in [0.25, 0.3) is 0 Å². The molecule has 104 valence electrons. The van der Waals surface area contributed by atoms with E-state index in [0.717, 1.165) is 23.3 Å². The molecule has 0 unspecified atom stereocenters. The number of nitrogens with one attached hydrogen (secondary N) is 2. The molecule has 0 atom stereocenters. The van der Waals surface area contributed by atoms with Crippen molar-refractivity contribution in [3.8, 4) is 0 Å². The molecule has 0 aliphatic carbocycles. The normalized spacial score (nSPS) is 10.1. The number of rotatable bonds is 4. The van der Waals surface area contributed by atoms with Crippen molar-refractivity contribution in [2.24, 2.45) is 0 Å². The molecule has 2 N–H and O–H groups in total. The Bertz CT molecular complexity index is 567. The fourth-order valence-corrected chi connectivity index (χ4v) is 2.13. The van der Waals surface area contributed by atoms with Gasteiger partial charge in [0.05, 0.1) is 0 Å². The number of benzene rings is 1. The van der Waals surface area contributed by atoms with E-state index < -0.39 is 0 Å². The van der Waals surface area contributed by atoms with Crippen LogP contribution in [0.3, 0.4) is 0 Å². The smallest absolute Gasteiger partial charge is 0.171 e. The first-order valence-electron chi connectivity index (χ1n) is 6.35. The van der Waals surface area contributed by atoms with Crippen LogP contribution in [0.5, 0.6) is 0 Å². The largest absolute Gasteiger partial charge is 0.362 e. The molecule has 5 heteroatoms. The third-order valence-electron chi connectivity index (χ3n) is 2.79. The predicted octanol–water partition coefficient (Wildman–Crippen LogP) is 3.68. The fraction of sp³-hybridized carbons (Fsp3) is 0.200. The molecule has 0 saturated carbocycles. The number of aryl methyl sites for hydroxylation is 1. The molecule has 0 aliphatic heterocycles. The topological polar surface area (TPSA) is 37.0 Å². The molecule has 2 aromatic rings. The lowest BCUT2D eigenvalue weighted by atomic mass is 10.1. The van der Waals surface area contributed by atoms with Crippen molar-refractivity contribution in [1.29, 1.82) is 0 Å². The lowest BCUT2D eigenvalue weighted by Gasteiger charge is -2.10. The Hall–Kier alpha value is -1.46. The zero-order valence-corrected chi connectivity index (χ0v) is 13.6. The monoisotopic (exact) mass is 349 g/mol. The van der Waals surface area contributed by atoms with Crippen molar-refractivity contribution in [2.45, 2.75) is 13.3 Å². The standard InChI is InChI=1S/C15H16BrN3S/c1-11-2-4-12(5-3-11)8-9-17-15(20)19-14-7-6-13(16)10-18-14/h2-7,10H,8-9H2,1H3,(H2,17,18,19,20). The van der Waals surface area contributed by atoms with E-state index in [0.29, 0.717) is 5.11 Å². The molecule has 0 fully saturated rings. The highest BCUT2D eigenvalue weighted by Gasteiger charge is 1.99. The minimum Gasteiger partial charge on any atom is -0.362 e. The summed E-state index contributed by atoms with van der Waals surface area (Å²) in [5.41, 5.74) is 2.58. The number of anilines is 1. The van der Waals surface area contributed by atoms with Crippen LogP contribution in [0.1, 0.15) is 11.1 Å². The summed E-state index contributed by atoms with van der Waals surface area (Å²) in [6.45, 7) is 2.89. The van der Waals surface area contributed by atoms with Gasteiger partial charge in [-0.3, -0.25) is 0 Å². The summed E-state index contributed by atoms with van der Waals surface area (Å²) in [6, 6.07) is 12.3. The van der Waals surface area contributed by atoms with Crippen molar-refractivity contribution in [2.75, 3.05) is 11.9 Å². The summed E-state index contributed by atoms with van der Waals surface area (Å²) in [6.07, 6.45) is 2.67. The maximum Gasteiger partial charge on any atom is 0.171 e. The molecule has 0 spiro atoms. The maximum absolute atomic E-state index is 5.23. The second kappa shape index (κ2) is 7.36. The van der Waals surface area contributed by atoms with Gasteiger partial charge in [-0.25, -0.2) is 4.98 Å². The highest BCUT2D eigenvalue weighted by Crippen LogP contribution is 2.10. The minimum atomic E-state index is 0.590. The molecule has 1 aromatic heterocycles. The van der Waals surface area contributed by atoms with E-state index in [4.69, 9.17) is 12.2 Å². The van der Waals surface area contributed by atoms with E-state index in [1.54, 1.807) is 6.20 Å². The summed E-state index contributed by atoms with van der Waals surface area (Å²) in [5, 5.41) is 6.82. The number of nitrogens with zero attached hydrogens (tertiary/aromatic N) is 1. The van der Waals surface area contributed by atoms with Gasteiger partial charge >= 0.3 is 0 Å². The van der Waals surface area contributed by atoms with Gasteiger partial charge in [-0.15, -0.1) is 0 Å². The first-order chi connectivity index (χ1) is 9.63. The molecular weight excluding hydrogens is 334 g/mol. The summed E-state index contributed by atoms with van der Waals surface area (Å²) >= 11 is 8.58. The summed E-state index contributed by atoms with van der Waals surface area (Å²) in [4.78, 5) is 4.21. The third-order valence-corrected chi connectivity index (χ3v) is 3.50. The van der Waals surface area contributed by atoms with Gasteiger partial charge < -0.3 is 10.6 Å². The number of pyridine rings is 1. The van der Waals surface area contributed by atoms with Crippen LogP contribution in [-0.2, 0) is 6.42 Å². The first-order valence-corrected chi connectivity index (χ1v) is 7.55. The van der Waals surface area contributed by atoms with Gasteiger partial charge in [0.25, 0.3) is 0 Å². The Morgan fingerprint density at radius 2 is 1.95 bits per heavy atom. The van der Waals surface area contributed by atoms with Gasteiger partial charge in [0, 0.05) is 17.2 Å². The number of thiocarbonyl (C=S) groups is 1. The van der Waals surface area contributed by atoms with Gasteiger partial charge in [-0.1, -0.05) is 29.8 Å². The van der Waals surface area contributed by atoms with Crippen molar-refractivity contribution >= 4 is 39.1 Å². The van der Waals surface area contributed by atoms with Gasteiger partial charge in [-0.2, -0.15) is 0 Å². The summed E-state index contributed by atoms with van der Waals surface area (Å²) < 4.78 is 0.946. The SMILES string of the molecule is Cc1ccc(CCNC(=S)Nc2ccc(Br)cn2)cc1. The molecule has 1 aromatic carbocycles. The Kier molecular flexibility index (Phi) is 5.49. The van der Waals surface area contributed by atoms with E-state index in [1.165, 1.54) is 11.1 Å². The van der Waals surface area contributed by atoms with E-state index in [-0.39, 0.29) is 0 Å². The highest BCUT2D eigenvalue weighted by atomic mass is 79.9. The quantitative estimate of drug-likeness (QED) is 0.825. The van der Waals surface area contributed by atoms with Crippen LogP contribution in [0, 0.1) is 6.92 Å². The molecule has 0 radical (unpaired) electrons. The van der Waals surface area contributed by atoms with E-state index >= 15 is 0 Å². The molecule has 0 saturated heterocycles. The number of aromatic nitrogens is 1. The molecular formula is C15H16BrN3S. The van der Waals surface area contributed by atoms with Crippen molar-refractivity contribution < 1.29 is 0 Å². The van der Waals surface area contributed by atoms with Gasteiger partial charge in [0.2, 0.25) is 0 Å². The summed E-state index contributed by atoms with van der Waals surface area (Å²) in [7, 11) is 0. The molecule has 3 nitrogen and oxygen atoms in total. The van der Waals surface area contributed by atoms with Crippen LogP contribution in [-0.4, -0.2) is 16.6 Å². The molecule has 2 rings (SSSR count). The third kappa shape index (κ3) is 4.90. The number of halogens is 1. The van der Waals surface area contributed by atoms with Crippen molar-refractivity contribution in [1.82, 2.24) is 10.3 Å². The van der Waals surface area contributed by atoms with Gasteiger partial charge in [0.15, 0.2) is 5.11 Å². The van der Waals surface area contributed by atoms with Crippen LogP contribution in [0.15, 0.2) is 47.1 Å². The van der Waals surface area contributed by atoms with Crippen molar-refractivity contribution in [3.05, 3.63) is 58.2 Å². The molecule has 20 heavy (non-hydrogen) atoms. The number of hydrogen-bond acceptors (Lipinski definition) is 2. The van der Waals surface area contributed by atoms with Crippen LogP contribution in [0.2, 0.25) is 0 Å². The van der Waals surface area contributed by atoms with Crippen LogP contribution >= 0.6 is 28.1 Å². The summed E-state index contributed by atoms with van der Waals surface area (Å²) in [5.74, 6) is 0.737. The van der Waals surface area contributed by atoms with Crippen LogP contribution < -0.4 is 10.6 Å².